The summed E-state index contributed by atoms with van der Waals surface area (Å²) in [6.45, 7) is 6.08. The van der Waals surface area contributed by atoms with Gasteiger partial charge in [0.15, 0.2) is 0 Å². The molecule has 0 aromatic heterocycles. The van der Waals surface area contributed by atoms with Gasteiger partial charge in [0.2, 0.25) is 0 Å². The van der Waals surface area contributed by atoms with E-state index in [2.05, 4.69) is 43.9 Å². The highest BCUT2D eigenvalue weighted by Gasteiger charge is 2.29. The Balaban J connectivity index is 1.70. The number of hydrogen-bond acceptors (Lipinski definition) is 4. The van der Waals surface area contributed by atoms with Crippen LogP contribution < -0.4 is 4.74 Å². The van der Waals surface area contributed by atoms with Crippen molar-refractivity contribution in [2.75, 3.05) is 45.9 Å². The number of ether oxygens (including phenoxy) is 1. The van der Waals surface area contributed by atoms with E-state index in [0.29, 0.717) is 6.04 Å². The second-order valence-corrected chi connectivity index (χ2v) is 6.35. The van der Waals surface area contributed by atoms with Crippen LogP contribution in [0.4, 0.5) is 0 Å². The Morgan fingerprint density at radius 1 is 1.25 bits per heavy atom. The Bertz CT molecular complexity index is 461. The highest BCUT2D eigenvalue weighted by molar-refractivity contribution is 9.10. The summed E-state index contributed by atoms with van der Waals surface area (Å²) in [6.07, 6.45) is 1.06. The van der Waals surface area contributed by atoms with Crippen LogP contribution in [0.1, 0.15) is 18.0 Å². The van der Waals surface area contributed by atoms with Crippen LogP contribution >= 0.6 is 15.9 Å². The minimum absolute atomic E-state index is 0.258. The molecule has 0 bridgehead atoms. The number of benzene rings is 1. The molecular weight excluding hydrogens is 320 g/mol. The van der Waals surface area contributed by atoms with Crippen LogP contribution in [0.3, 0.4) is 0 Å². The Hall–Kier alpha value is -0.620. The standard InChI is InChI=1S/C15H21BrN2O2/c16-12-1-2-13-14(3-10-20-15(13)11-12)18-6-4-17(5-7-18)8-9-19/h1-2,11,14,19H,3-10H2. The van der Waals surface area contributed by atoms with Crippen molar-refractivity contribution in [2.45, 2.75) is 12.5 Å². The Morgan fingerprint density at radius 3 is 2.80 bits per heavy atom. The molecule has 3 rings (SSSR count). The van der Waals surface area contributed by atoms with Gasteiger partial charge in [-0.05, 0) is 12.1 Å². The lowest BCUT2D eigenvalue weighted by Gasteiger charge is -2.41. The molecule has 0 spiro atoms. The third-order valence-corrected chi connectivity index (χ3v) is 4.74. The SMILES string of the molecule is OCCN1CCN(C2CCOc3cc(Br)ccc32)CC1. The molecule has 1 fully saturated rings. The third kappa shape index (κ3) is 3.01. The molecule has 2 aliphatic heterocycles. The third-order valence-electron chi connectivity index (χ3n) is 4.25. The first kappa shape index (κ1) is 14.3. The van der Waals surface area contributed by atoms with Crippen molar-refractivity contribution in [1.29, 1.82) is 0 Å². The van der Waals surface area contributed by atoms with Gasteiger partial charge < -0.3 is 9.84 Å². The van der Waals surface area contributed by atoms with Crippen LogP contribution in [0.2, 0.25) is 0 Å². The fraction of sp³-hybridized carbons (Fsp3) is 0.600. The van der Waals surface area contributed by atoms with Gasteiger partial charge in [-0.3, -0.25) is 9.80 Å². The van der Waals surface area contributed by atoms with E-state index >= 15 is 0 Å². The van der Waals surface area contributed by atoms with Crippen molar-refractivity contribution >= 4 is 15.9 Å². The number of nitrogens with zero attached hydrogens (tertiary/aromatic N) is 2. The number of halogens is 1. The molecule has 4 nitrogen and oxygen atoms in total. The number of aliphatic hydroxyl groups is 1. The maximum Gasteiger partial charge on any atom is 0.125 e. The van der Waals surface area contributed by atoms with E-state index in [1.54, 1.807) is 0 Å². The molecule has 0 radical (unpaired) electrons. The quantitative estimate of drug-likeness (QED) is 0.911. The van der Waals surface area contributed by atoms with Crippen LogP contribution in [0.5, 0.6) is 5.75 Å². The van der Waals surface area contributed by atoms with E-state index in [4.69, 9.17) is 9.84 Å². The van der Waals surface area contributed by atoms with Gasteiger partial charge in [-0.2, -0.15) is 0 Å². The number of β-amino-alcohol motifs (C(OH)–C–C–N with tert-alkyl or cyclic N) is 1. The van der Waals surface area contributed by atoms with Gasteiger partial charge in [-0.1, -0.05) is 22.0 Å². The maximum atomic E-state index is 9.01. The minimum atomic E-state index is 0.258. The van der Waals surface area contributed by atoms with E-state index in [1.165, 1.54) is 5.56 Å². The zero-order valence-electron chi connectivity index (χ0n) is 11.6. The second-order valence-electron chi connectivity index (χ2n) is 5.44. The number of rotatable bonds is 3. The van der Waals surface area contributed by atoms with Crippen molar-refractivity contribution < 1.29 is 9.84 Å². The fourth-order valence-corrected chi connectivity index (χ4v) is 3.50. The minimum Gasteiger partial charge on any atom is -0.493 e. The zero-order valence-corrected chi connectivity index (χ0v) is 13.2. The normalized spacial score (nSPS) is 24.2. The molecule has 0 aliphatic carbocycles. The molecule has 5 heteroatoms. The first-order valence-corrected chi connectivity index (χ1v) is 8.07. The van der Waals surface area contributed by atoms with Gasteiger partial charge in [-0.15, -0.1) is 0 Å². The predicted molar refractivity (Wildman–Crippen MR) is 82.1 cm³/mol. The first-order chi connectivity index (χ1) is 9.78. The van der Waals surface area contributed by atoms with Gasteiger partial charge in [0.05, 0.1) is 13.2 Å². The number of piperazine rings is 1. The largest absolute Gasteiger partial charge is 0.493 e. The van der Waals surface area contributed by atoms with Crippen LogP contribution in [-0.4, -0.2) is 60.8 Å². The average Bonchev–Trinajstić information content (AvgIpc) is 2.47. The fourth-order valence-electron chi connectivity index (χ4n) is 3.16. The number of fused-ring (bicyclic) bond motifs is 1. The molecule has 1 aromatic rings. The van der Waals surface area contributed by atoms with Crippen molar-refractivity contribution in [3.63, 3.8) is 0 Å². The molecule has 2 heterocycles. The monoisotopic (exact) mass is 340 g/mol. The summed E-state index contributed by atoms with van der Waals surface area (Å²) in [7, 11) is 0. The van der Waals surface area contributed by atoms with Gasteiger partial charge in [0.1, 0.15) is 5.75 Å². The highest BCUT2D eigenvalue weighted by Crippen LogP contribution is 2.37. The smallest absolute Gasteiger partial charge is 0.125 e. The van der Waals surface area contributed by atoms with Crippen LogP contribution in [0, 0.1) is 0 Å². The lowest BCUT2D eigenvalue weighted by Crippen LogP contribution is -2.48. The van der Waals surface area contributed by atoms with Crippen LogP contribution in [0.25, 0.3) is 0 Å². The van der Waals surface area contributed by atoms with Gasteiger partial charge >= 0.3 is 0 Å². The summed E-state index contributed by atoms with van der Waals surface area (Å²) >= 11 is 3.51. The average molecular weight is 341 g/mol. The molecular formula is C15H21BrN2O2. The number of hydrogen-bond donors (Lipinski definition) is 1. The van der Waals surface area contributed by atoms with E-state index in [0.717, 1.165) is 56.0 Å². The van der Waals surface area contributed by atoms with Gasteiger partial charge in [0, 0.05) is 55.2 Å². The molecule has 0 amide bonds. The molecule has 0 saturated carbocycles. The Labute approximate surface area is 128 Å². The summed E-state index contributed by atoms with van der Waals surface area (Å²) in [5.41, 5.74) is 1.31. The molecule has 1 aromatic carbocycles. The summed E-state index contributed by atoms with van der Waals surface area (Å²) < 4.78 is 6.86. The Kier molecular flexibility index (Phi) is 4.61. The molecule has 20 heavy (non-hydrogen) atoms. The lowest BCUT2D eigenvalue weighted by molar-refractivity contribution is 0.0661. The van der Waals surface area contributed by atoms with E-state index < -0.39 is 0 Å². The first-order valence-electron chi connectivity index (χ1n) is 7.27. The Morgan fingerprint density at radius 2 is 2.05 bits per heavy atom. The topological polar surface area (TPSA) is 35.9 Å². The molecule has 1 saturated heterocycles. The second kappa shape index (κ2) is 6.43. The van der Waals surface area contributed by atoms with Crippen molar-refractivity contribution in [3.8, 4) is 5.75 Å². The highest BCUT2D eigenvalue weighted by atomic mass is 79.9. The molecule has 1 atom stereocenters. The maximum absolute atomic E-state index is 9.01. The van der Waals surface area contributed by atoms with Gasteiger partial charge in [0.25, 0.3) is 0 Å². The summed E-state index contributed by atoms with van der Waals surface area (Å²) in [6, 6.07) is 6.83. The van der Waals surface area contributed by atoms with E-state index in [1.807, 2.05) is 0 Å². The molecule has 1 N–H and O–H groups in total. The summed E-state index contributed by atoms with van der Waals surface area (Å²) in [5.74, 6) is 1.02. The van der Waals surface area contributed by atoms with Crippen molar-refractivity contribution in [1.82, 2.24) is 9.80 Å². The molecule has 110 valence electrons. The summed E-state index contributed by atoms with van der Waals surface area (Å²) in [5, 5.41) is 9.01. The van der Waals surface area contributed by atoms with Gasteiger partial charge in [-0.25, -0.2) is 0 Å². The van der Waals surface area contributed by atoms with E-state index in [9.17, 15) is 0 Å². The van der Waals surface area contributed by atoms with E-state index in [-0.39, 0.29) is 6.61 Å². The zero-order chi connectivity index (χ0) is 13.9. The van der Waals surface area contributed by atoms with Crippen molar-refractivity contribution in [3.05, 3.63) is 28.2 Å². The van der Waals surface area contributed by atoms with Crippen LogP contribution in [-0.2, 0) is 0 Å². The lowest BCUT2D eigenvalue weighted by atomic mass is 9.98. The van der Waals surface area contributed by atoms with Crippen molar-refractivity contribution in [2.24, 2.45) is 0 Å². The molecule has 1 unspecified atom stereocenters. The molecule has 2 aliphatic rings. The van der Waals surface area contributed by atoms with Crippen LogP contribution in [0.15, 0.2) is 22.7 Å². The predicted octanol–water partition coefficient (Wildman–Crippen LogP) is 1.88. The summed E-state index contributed by atoms with van der Waals surface area (Å²) in [4.78, 5) is 4.89. The number of aliphatic hydroxyl groups excluding tert-OH is 1.